The third-order valence-electron chi connectivity index (χ3n) is 6.58. The van der Waals surface area contributed by atoms with Crippen LogP contribution in [0.1, 0.15) is 67.3 Å². The lowest BCUT2D eigenvalue weighted by Gasteiger charge is -2.37. The summed E-state index contributed by atoms with van der Waals surface area (Å²) in [5.41, 5.74) is 2.51. The average Bonchev–Trinajstić information content (AvgIpc) is 2.75. The zero-order chi connectivity index (χ0) is 22.2. The molecule has 0 N–H and O–H groups in total. The van der Waals surface area contributed by atoms with Gasteiger partial charge in [-0.05, 0) is 56.4 Å². The third kappa shape index (κ3) is 2.99. The first-order valence-electron chi connectivity index (χ1n) is 10.5. The van der Waals surface area contributed by atoms with E-state index in [1.807, 2.05) is 46.8 Å². The quantitative estimate of drug-likeness (QED) is 0.629. The first-order valence-corrected chi connectivity index (χ1v) is 10.5. The van der Waals surface area contributed by atoms with E-state index in [1.54, 1.807) is 14.2 Å². The molecule has 1 aromatic carbocycles. The molecule has 0 saturated heterocycles. The van der Waals surface area contributed by atoms with Crippen molar-refractivity contribution in [1.82, 2.24) is 0 Å². The van der Waals surface area contributed by atoms with Gasteiger partial charge in [-0.3, -0.25) is 9.59 Å². The Bertz CT molecular complexity index is 1080. The molecule has 1 aromatic heterocycles. The molecule has 0 spiro atoms. The van der Waals surface area contributed by atoms with Gasteiger partial charge >= 0.3 is 0 Å². The molecule has 2 aromatic rings. The van der Waals surface area contributed by atoms with Gasteiger partial charge in [-0.1, -0.05) is 20.8 Å². The summed E-state index contributed by atoms with van der Waals surface area (Å²) in [6, 6.07) is 5.19. The van der Waals surface area contributed by atoms with Gasteiger partial charge in [-0.2, -0.15) is 0 Å². The lowest BCUT2D eigenvalue weighted by Crippen LogP contribution is -2.39. The highest BCUT2D eigenvalue weighted by atomic mass is 16.5. The molecular weight excluding hydrogens is 380 g/mol. The number of carbonyl (C=O) groups is 1. The molecule has 0 saturated carbocycles. The largest absolute Gasteiger partial charge is 0.500 e. The minimum atomic E-state index is -0.645. The molecule has 160 valence electrons. The van der Waals surface area contributed by atoms with Crippen molar-refractivity contribution in [2.45, 2.75) is 59.3 Å². The Morgan fingerprint density at radius 1 is 0.967 bits per heavy atom. The van der Waals surface area contributed by atoms with E-state index >= 15 is 0 Å². The molecule has 0 amide bonds. The molecule has 0 atom stereocenters. The number of hydrogen-bond acceptors (Lipinski definition) is 5. The van der Waals surface area contributed by atoms with E-state index in [2.05, 4.69) is 0 Å². The number of ketones is 1. The van der Waals surface area contributed by atoms with Crippen LogP contribution in [0.3, 0.4) is 0 Å². The number of Topliss-reactive ketones (excluding diaryl/α,β-unsaturated/α-hetero) is 1. The number of ether oxygens (including phenoxy) is 2. The smallest absolute Gasteiger partial charge is 0.199 e. The Kier molecular flexibility index (Phi) is 5.93. The van der Waals surface area contributed by atoms with Crippen LogP contribution in [0, 0.1) is 13.8 Å². The van der Waals surface area contributed by atoms with Crippen molar-refractivity contribution in [2.75, 3.05) is 14.2 Å². The number of allylic oxidation sites excluding steroid dienone is 2. The van der Waals surface area contributed by atoms with Crippen molar-refractivity contribution < 1.29 is 18.7 Å². The second-order valence-electron chi connectivity index (χ2n) is 7.73. The highest BCUT2D eigenvalue weighted by molar-refractivity contribution is 6.11. The summed E-state index contributed by atoms with van der Waals surface area (Å²) in [6.07, 6.45) is 1.81. The van der Waals surface area contributed by atoms with Gasteiger partial charge in [0.05, 0.1) is 19.6 Å². The number of hydrogen-bond donors (Lipinski definition) is 0. The van der Waals surface area contributed by atoms with Crippen LogP contribution in [0.2, 0.25) is 0 Å². The van der Waals surface area contributed by atoms with E-state index in [9.17, 15) is 9.59 Å². The van der Waals surface area contributed by atoms with Crippen LogP contribution in [0.15, 0.2) is 38.7 Å². The molecule has 0 radical (unpaired) electrons. The molecule has 5 heteroatoms. The van der Waals surface area contributed by atoms with E-state index in [-0.39, 0.29) is 16.8 Å². The predicted octanol–water partition coefficient (Wildman–Crippen LogP) is 5.50. The summed E-state index contributed by atoms with van der Waals surface area (Å²) in [7, 11) is 3.22. The summed E-state index contributed by atoms with van der Waals surface area (Å²) >= 11 is 0. The van der Waals surface area contributed by atoms with Crippen molar-refractivity contribution in [3.05, 3.63) is 62.2 Å². The number of fused-ring (bicyclic) bond motifs is 1. The Balaban J connectivity index is 2.37. The van der Waals surface area contributed by atoms with E-state index < -0.39 is 5.41 Å². The van der Waals surface area contributed by atoms with Crippen molar-refractivity contribution in [3.63, 3.8) is 0 Å². The molecule has 30 heavy (non-hydrogen) atoms. The first-order chi connectivity index (χ1) is 14.3. The predicted molar refractivity (Wildman–Crippen MR) is 117 cm³/mol. The lowest BCUT2D eigenvalue weighted by molar-refractivity contribution is 0.0975. The zero-order valence-corrected chi connectivity index (χ0v) is 18.9. The van der Waals surface area contributed by atoms with Gasteiger partial charge < -0.3 is 13.9 Å². The molecule has 3 rings (SSSR count). The molecule has 1 aliphatic carbocycles. The maximum Gasteiger partial charge on any atom is 0.199 e. The minimum Gasteiger partial charge on any atom is -0.500 e. The molecule has 1 heterocycles. The SMILES string of the molecule is CCC1=C(OC)C(CC)(CC)c2oc(-c3ccc(OC)c(C)c3C)cc(=O)c2C1=O. The zero-order valence-electron chi connectivity index (χ0n) is 18.9. The van der Waals surface area contributed by atoms with Crippen LogP contribution in [-0.4, -0.2) is 20.0 Å². The minimum absolute atomic E-state index is 0.142. The normalized spacial score (nSPS) is 15.2. The molecule has 0 bridgehead atoms. The average molecular weight is 411 g/mol. The van der Waals surface area contributed by atoms with Crippen LogP contribution in [-0.2, 0) is 10.2 Å². The van der Waals surface area contributed by atoms with Crippen LogP contribution in [0.5, 0.6) is 5.75 Å². The number of carbonyl (C=O) groups excluding carboxylic acids is 1. The fourth-order valence-corrected chi connectivity index (χ4v) is 4.64. The molecule has 0 unspecified atom stereocenters. The fraction of sp³-hybridized carbons (Fsp3) is 0.440. The van der Waals surface area contributed by atoms with E-state index in [0.29, 0.717) is 42.1 Å². The summed E-state index contributed by atoms with van der Waals surface area (Å²) in [4.78, 5) is 26.4. The molecular formula is C25H30O5. The molecule has 0 fully saturated rings. The highest BCUT2D eigenvalue weighted by Crippen LogP contribution is 2.47. The number of methoxy groups -OCH3 is 2. The van der Waals surface area contributed by atoms with Gasteiger partial charge in [0, 0.05) is 17.2 Å². The summed E-state index contributed by atoms with van der Waals surface area (Å²) in [5.74, 6) is 1.99. The summed E-state index contributed by atoms with van der Waals surface area (Å²) in [5, 5.41) is 0. The third-order valence-corrected chi connectivity index (χ3v) is 6.58. The van der Waals surface area contributed by atoms with Crippen LogP contribution >= 0.6 is 0 Å². The lowest BCUT2D eigenvalue weighted by atomic mass is 9.69. The Hall–Kier alpha value is -2.82. The fourth-order valence-electron chi connectivity index (χ4n) is 4.64. The van der Waals surface area contributed by atoms with Crippen molar-refractivity contribution in [2.24, 2.45) is 0 Å². The van der Waals surface area contributed by atoms with Crippen LogP contribution in [0.25, 0.3) is 11.3 Å². The molecule has 5 nitrogen and oxygen atoms in total. The monoisotopic (exact) mass is 410 g/mol. The van der Waals surface area contributed by atoms with Crippen molar-refractivity contribution in [1.29, 1.82) is 0 Å². The molecule has 0 aliphatic heterocycles. The Labute approximate surface area is 177 Å². The van der Waals surface area contributed by atoms with Gasteiger partial charge in [-0.15, -0.1) is 0 Å². The van der Waals surface area contributed by atoms with Gasteiger partial charge in [0.2, 0.25) is 0 Å². The van der Waals surface area contributed by atoms with Crippen LogP contribution in [0.4, 0.5) is 0 Å². The first kappa shape index (κ1) is 21.9. The number of benzene rings is 1. The number of rotatable bonds is 6. The van der Waals surface area contributed by atoms with Gasteiger partial charge in [0.25, 0.3) is 0 Å². The maximum absolute atomic E-state index is 13.2. The van der Waals surface area contributed by atoms with Gasteiger partial charge in [0.15, 0.2) is 11.2 Å². The summed E-state index contributed by atoms with van der Waals surface area (Å²) in [6.45, 7) is 9.92. The van der Waals surface area contributed by atoms with E-state index in [1.165, 1.54) is 6.07 Å². The van der Waals surface area contributed by atoms with E-state index in [4.69, 9.17) is 13.9 Å². The topological polar surface area (TPSA) is 65.7 Å². The second-order valence-corrected chi connectivity index (χ2v) is 7.73. The standard InChI is InChI=1S/C25H30O5/c1-8-16-22(27)21-18(26)13-20(17-11-12-19(28-6)15(5)14(17)4)30-24(21)25(9-2,10-3)23(16)29-7/h11-13H,8-10H2,1-7H3. The van der Waals surface area contributed by atoms with Crippen LogP contribution < -0.4 is 10.2 Å². The Morgan fingerprint density at radius 2 is 1.63 bits per heavy atom. The summed E-state index contributed by atoms with van der Waals surface area (Å²) < 4.78 is 17.6. The van der Waals surface area contributed by atoms with Gasteiger partial charge in [-0.25, -0.2) is 0 Å². The highest BCUT2D eigenvalue weighted by Gasteiger charge is 2.47. The van der Waals surface area contributed by atoms with Crippen molar-refractivity contribution in [3.8, 4) is 17.1 Å². The second kappa shape index (κ2) is 8.13. The maximum atomic E-state index is 13.2. The Morgan fingerprint density at radius 3 is 2.17 bits per heavy atom. The van der Waals surface area contributed by atoms with Crippen molar-refractivity contribution >= 4 is 5.78 Å². The van der Waals surface area contributed by atoms with E-state index in [0.717, 1.165) is 22.4 Å². The molecule has 1 aliphatic rings. The van der Waals surface area contributed by atoms with Gasteiger partial charge in [0.1, 0.15) is 28.6 Å².